The van der Waals surface area contributed by atoms with Gasteiger partial charge in [-0.15, -0.1) is 0 Å². The average Bonchev–Trinajstić information content (AvgIpc) is 2.40. The molecule has 2 aromatic carbocycles. The van der Waals surface area contributed by atoms with Gasteiger partial charge in [0.2, 0.25) is 0 Å². The second kappa shape index (κ2) is 6.54. The first-order chi connectivity index (χ1) is 9.95. The van der Waals surface area contributed by atoms with Crippen LogP contribution < -0.4 is 5.32 Å². The van der Waals surface area contributed by atoms with Gasteiger partial charge in [0, 0.05) is 5.56 Å². The fraction of sp³-hybridized carbons (Fsp3) is 0.294. The highest BCUT2D eigenvalue weighted by atomic mass is 35.5. The number of hydrogen-bond acceptors (Lipinski definition) is 1. The van der Waals surface area contributed by atoms with Crippen LogP contribution in [0.15, 0.2) is 30.3 Å². The SMILES string of the molecule is CCNC(c1cccc(Cl)c1F)c1c(C)cc(F)cc1C. The molecule has 2 rings (SSSR count). The summed E-state index contributed by atoms with van der Waals surface area (Å²) >= 11 is 5.89. The molecule has 0 bridgehead atoms. The zero-order valence-corrected chi connectivity index (χ0v) is 13.1. The van der Waals surface area contributed by atoms with Crippen LogP contribution in [0.25, 0.3) is 0 Å². The van der Waals surface area contributed by atoms with Crippen LogP contribution >= 0.6 is 11.6 Å². The molecule has 4 heteroatoms. The number of nitrogens with one attached hydrogen (secondary N) is 1. The normalized spacial score (nSPS) is 12.5. The summed E-state index contributed by atoms with van der Waals surface area (Å²) in [5.41, 5.74) is 2.94. The van der Waals surface area contributed by atoms with E-state index in [9.17, 15) is 8.78 Å². The third-order valence-electron chi connectivity index (χ3n) is 3.55. The monoisotopic (exact) mass is 309 g/mol. The van der Waals surface area contributed by atoms with Gasteiger partial charge in [-0.1, -0.05) is 30.7 Å². The quantitative estimate of drug-likeness (QED) is 0.844. The topological polar surface area (TPSA) is 12.0 Å². The Kier molecular flexibility index (Phi) is 4.96. The van der Waals surface area contributed by atoms with Crippen molar-refractivity contribution in [3.05, 3.63) is 69.2 Å². The highest BCUT2D eigenvalue weighted by molar-refractivity contribution is 6.30. The van der Waals surface area contributed by atoms with Crippen molar-refractivity contribution in [3.63, 3.8) is 0 Å². The Hall–Kier alpha value is -1.45. The van der Waals surface area contributed by atoms with Gasteiger partial charge in [0.25, 0.3) is 0 Å². The number of halogens is 3. The van der Waals surface area contributed by atoms with Crippen molar-refractivity contribution in [2.45, 2.75) is 26.8 Å². The first kappa shape index (κ1) is 15.9. The van der Waals surface area contributed by atoms with E-state index in [4.69, 9.17) is 11.6 Å². The lowest BCUT2D eigenvalue weighted by molar-refractivity contribution is 0.554. The Balaban J connectivity index is 2.62. The molecule has 0 saturated carbocycles. The van der Waals surface area contributed by atoms with Crippen LogP contribution in [0.1, 0.15) is 35.2 Å². The van der Waals surface area contributed by atoms with Crippen molar-refractivity contribution in [2.24, 2.45) is 0 Å². The fourth-order valence-electron chi connectivity index (χ4n) is 2.69. The molecule has 1 atom stereocenters. The van der Waals surface area contributed by atoms with Crippen molar-refractivity contribution in [2.75, 3.05) is 6.54 Å². The van der Waals surface area contributed by atoms with Gasteiger partial charge in [0.05, 0.1) is 11.1 Å². The molecule has 1 nitrogen and oxygen atoms in total. The van der Waals surface area contributed by atoms with Crippen LogP contribution in [0.4, 0.5) is 8.78 Å². The predicted molar refractivity (Wildman–Crippen MR) is 82.8 cm³/mol. The molecule has 0 heterocycles. The van der Waals surface area contributed by atoms with E-state index in [1.807, 2.05) is 20.8 Å². The zero-order chi connectivity index (χ0) is 15.6. The van der Waals surface area contributed by atoms with Gasteiger partial charge in [-0.3, -0.25) is 0 Å². The standard InChI is InChI=1S/C17H18ClF2N/c1-4-21-17(13-6-5-7-14(18)16(13)20)15-10(2)8-12(19)9-11(15)3/h5-9,17,21H,4H2,1-3H3. The van der Waals surface area contributed by atoms with Crippen molar-refractivity contribution >= 4 is 11.6 Å². The minimum absolute atomic E-state index is 0.0906. The molecule has 1 unspecified atom stereocenters. The van der Waals surface area contributed by atoms with Crippen LogP contribution in [0.2, 0.25) is 5.02 Å². The van der Waals surface area contributed by atoms with Gasteiger partial charge in [-0.2, -0.15) is 0 Å². The molecule has 0 spiro atoms. The lowest BCUT2D eigenvalue weighted by Gasteiger charge is -2.24. The van der Waals surface area contributed by atoms with Crippen LogP contribution in [-0.4, -0.2) is 6.54 Å². The molecule has 0 amide bonds. The molecule has 0 aromatic heterocycles. The summed E-state index contributed by atoms with van der Waals surface area (Å²) in [7, 11) is 0. The van der Waals surface area contributed by atoms with Gasteiger partial charge in [-0.05, 0) is 55.3 Å². The lowest BCUT2D eigenvalue weighted by atomic mass is 9.91. The Labute approximate surface area is 128 Å². The second-order valence-corrected chi connectivity index (χ2v) is 5.49. The van der Waals surface area contributed by atoms with Crippen LogP contribution in [0.5, 0.6) is 0 Å². The summed E-state index contributed by atoms with van der Waals surface area (Å²) in [4.78, 5) is 0. The Morgan fingerprint density at radius 1 is 1.14 bits per heavy atom. The predicted octanol–water partition coefficient (Wildman–Crippen LogP) is 4.93. The van der Waals surface area contributed by atoms with E-state index in [1.165, 1.54) is 18.2 Å². The Morgan fingerprint density at radius 2 is 1.76 bits per heavy atom. The van der Waals surface area contributed by atoms with Gasteiger partial charge in [-0.25, -0.2) is 8.78 Å². The molecule has 0 fully saturated rings. The minimum Gasteiger partial charge on any atom is -0.306 e. The maximum Gasteiger partial charge on any atom is 0.146 e. The highest BCUT2D eigenvalue weighted by Gasteiger charge is 2.22. The van der Waals surface area contributed by atoms with Crippen molar-refractivity contribution in [3.8, 4) is 0 Å². The summed E-state index contributed by atoms with van der Waals surface area (Å²) < 4.78 is 27.8. The molecular weight excluding hydrogens is 292 g/mol. The number of aryl methyl sites for hydroxylation is 2. The maximum atomic E-state index is 14.4. The summed E-state index contributed by atoms with van der Waals surface area (Å²) in [5, 5.41) is 3.35. The van der Waals surface area contributed by atoms with E-state index in [0.29, 0.717) is 12.1 Å². The number of rotatable bonds is 4. The van der Waals surface area contributed by atoms with Gasteiger partial charge in [0.15, 0.2) is 0 Å². The molecule has 0 saturated heterocycles. The van der Waals surface area contributed by atoms with Gasteiger partial charge in [0.1, 0.15) is 11.6 Å². The molecule has 0 radical (unpaired) electrons. The third-order valence-corrected chi connectivity index (χ3v) is 3.84. The third kappa shape index (κ3) is 3.25. The summed E-state index contributed by atoms with van der Waals surface area (Å²) in [6, 6.07) is 7.53. The van der Waals surface area contributed by atoms with Gasteiger partial charge >= 0.3 is 0 Å². The van der Waals surface area contributed by atoms with E-state index in [2.05, 4.69) is 5.32 Å². The first-order valence-corrected chi connectivity index (χ1v) is 7.27. The molecule has 0 aliphatic heterocycles. The van der Waals surface area contributed by atoms with E-state index in [0.717, 1.165) is 16.7 Å². The lowest BCUT2D eigenvalue weighted by Crippen LogP contribution is -2.25. The van der Waals surface area contributed by atoms with Gasteiger partial charge < -0.3 is 5.32 Å². The molecule has 21 heavy (non-hydrogen) atoms. The van der Waals surface area contributed by atoms with E-state index in [-0.39, 0.29) is 16.9 Å². The van der Waals surface area contributed by atoms with E-state index >= 15 is 0 Å². The largest absolute Gasteiger partial charge is 0.306 e. The van der Waals surface area contributed by atoms with Crippen LogP contribution in [0.3, 0.4) is 0 Å². The molecule has 1 N–H and O–H groups in total. The van der Waals surface area contributed by atoms with Crippen LogP contribution in [0, 0.1) is 25.5 Å². The Morgan fingerprint density at radius 3 is 2.33 bits per heavy atom. The molecule has 112 valence electrons. The molecule has 0 aliphatic rings. The fourth-order valence-corrected chi connectivity index (χ4v) is 2.87. The van der Waals surface area contributed by atoms with E-state index in [1.54, 1.807) is 12.1 Å². The maximum absolute atomic E-state index is 14.4. The highest BCUT2D eigenvalue weighted by Crippen LogP contribution is 2.32. The minimum atomic E-state index is -0.437. The van der Waals surface area contributed by atoms with Crippen molar-refractivity contribution < 1.29 is 8.78 Å². The second-order valence-electron chi connectivity index (χ2n) is 5.09. The van der Waals surface area contributed by atoms with E-state index < -0.39 is 5.82 Å². The Bertz CT molecular complexity index is 632. The average molecular weight is 310 g/mol. The summed E-state index contributed by atoms with van der Waals surface area (Å²) in [6.07, 6.45) is 0. The van der Waals surface area contributed by atoms with Crippen molar-refractivity contribution in [1.82, 2.24) is 5.32 Å². The van der Waals surface area contributed by atoms with Crippen LogP contribution in [-0.2, 0) is 0 Å². The molecular formula is C17H18ClF2N. The molecule has 0 aliphatic carbocycles. The smallest absolute Gasteiger partial charge is 0.146 e. The first-order valence-electron chi connectivity index (χ1n) is 6.89. The molecule has 2 aromatic rings. The number of hydrogen-bond donors (Lipinski definition) is 1. The zero-order valence-electron chi connectivity index (χ0n) is 12.3. The summed E-state index contributed by atoms with van der Waals surface area (Å²) in [5.74, 6) is -0.719. The number of benzene rings is 2. The van der Waals surface area contributed by atoms with Crippen molar-refractivity contribution in [1.29, 1.82) is 0 Å². The summed E-state index contributed by atoms with van der Waals surface area (Å²) in [6.45, 7) is 6.27.